The molecule has 0 amide bonds. The third-order valence-electron chi connectivity index (χ3n) is 4.74. The van der Waals surface area contributed by atoms with E-state index < -0.39 is 0 Å². The predicted octanol–water partition coefficient (Wildman–Crippen LogP) is 4.50. The summed E-state index contributed by atoms with van der Waals surface area (Å²) in [6.45, 7) is 6.18. The van der Waals surface area contributed by atoms with E-state index >= 15 is 0 Å². The van der Waals surface area contributed by atoms with Gasteiger partial charge in [0.15, 0.2) is 23.0 Å². The standard InChI is InChI=1S/C23H26BrNO4/c1-5-10-29-23-18(24)11-16(13-21(23)26-4)22-17-14-20(28-7-3)19(27-6-2)12-15(17)8-9-25-22/h1,11-14,22,25H,6-10H2,2-4H3. The maximum absolute atomic E-state index is 5.85. The topological polar surface area (TPSA) is 49.0 Å². The first kappa shape index (κ1) is 21.4. The molecule has 0 aromatic heterocycles. The molecule has 0 fully saturated rings. The molecule has 29 heavy (non-hydrogen) atoms. The zero-order valence-corrected chi connectivity index (χ0v) is 18.6. The van der Waals surface area contributed by atoms with E-state index in [1.54, 1.807) is 7.11 Å². The van der Waals surface area contributed by atoms with Gasteiger partial charge < -0.3 is 24.3 Å². The van der Waals surface area contributed by atoms with Crippen molar-refractivity contribution in [2.75, 3.05) is 33.5 Å². The van der Waals surface area contributed by atoms with Crippen LogP contribution < -0.4 is 24.3 Å². The molecule has 1 atom stereocenters. The van der Waals surface area contributed by atoms with E-state index in [1.807, 2.05) is 26.0 Å². The van der Waals surface area contributed by atoms with Crippen LogP contribution in [0.2, 0.25) is 0 Å². The number of ether oxygens (including phenoxy) is 4. The van der Waals surface area contributed by atoms with E-state index in [1.165, 1.54) is 11.1 Å². The Morgan fingerprint density at radius 1 is 1.07 bits per heavy atom. The van der Waals surface area contributed by atoms with Crippen LogP contribution in [0.4, 0.5) is 0 Å². The minimum atomic E-state index is 0.000478. The van der Waals surface area contributed by atoms with Crippen molar-refractivity contribution in [2.45, 2.75) is 26.3 Å². The van der Waals surface area contributed by atoms with Crippen molar-refractivity contribution in [1.82, 2.24) is 5.32 Å². The first-order valence-corrected chi connectivity index (χ1v) is 10.5. The summed E-state index contributed by atoms with van der Waals surface area (Å²) in [5.74, 6) is 5.28. The lowest BCUT2D eigenvalue weighted by molar-refractivity contribution is 0.286. The molecule has 1 aliphatic heterocycles. The number of rotatable bonds is 8. The molecular weight excluding hydrogens is 434 g/mol. The molecule has 1 unspecified atom stereocenters. The van der Waals surface area contributed by atoms with Crippen molar-refractivity contribution >= 4 is 15.9 Å². The summed E-state index contributed by atoms with van der Waals surface area (Å²) in [6, 6.07) is 8.22. The molecule has 0 radical (unpaired) electrons. The van der Waals surface area contributed by atoms with Gasteiger partial charge in [0, 0.05) is 6.54 Å². The number of hydrogen-bond donors (Lipinski definition) is 1. The second-order valence-corrected chi connectivity index (χ2v) is 7.38. The normalized spacial score (nSPS) is 15.2. The van der Waals surface area contributed by atoms with E-state index in [-0.39, 0.29) is 12.6 Å². The molecule has 6 heteroatoms. The Kier molecular flexibility index (Phi) is 7.29. The highest BCUT2D eigenvalue weighted by Gasteiger charge is 2.26. The van der Waals surface area contributed by atoms with Gasteiger partial charge in [0.05, 0.1) is 30.8 Å². The zero-order chi connectivity index (χ0) is 20.8. The highest BCUT2D eigenvalue weighted by Crippen LogP contribution is 2.42. The van der Waals surface area contributed by atoms with Crippen LogP contribution >= 0.6 is 15.9 Å². The molecule has 0 saturated heterocycles. The Morgan fingerprint density at radius 2 is 1.79 bits per heavy atom. The quantitative estimate of drug-likeness (QED) is 0.588. The lowest BCUT2D eigenvalue weighted by Crippen LogP contribution is -2.30. The Morgan fingerprint density at radius 3 is 2.45 bits per heavy atom. The monoisotopic (exact) mass is 459 g/mol. The summed E-state index contributed by atoms with van der Waals surface area (Å²) >= 11 is 3.60. The Labute approximate surface area is 180 Å². The maximum atomic E-state index is 5.85. The van der Waals surface area contributed by atoms with Crippen molar-refractivity contribution in [1.29, 1.82) is 0 Å². The van der Waals surface area contributed by atoms with Gasteiger partial charge in [-0.2, -0.15) is 0 Å². The van der Waals surface area contributed by atoms with Gasteiger partial charge in [-0.3, -0.25) is 0 Å². The first-order chi connectivity index (χ1) is 14.1. The van der Waals surface area contributed by atoms with E-state index in [0.29, 0.717) is 24.7 Å². The molecule has 154 valence electrons. The van der Waals surface area contributed by atoms with Crippen molar-refractivity contribution in [3.05, 3.63) is 45.4 Å². The Bertz CT molecular complexity index is 907. The Balaban J connectivity index is 2.05. The second-order valence-electron chi connectivity index (χ2n) is 6.53. The summed E-state index contributed by atoms with van der Waals surface area (Å²) in [5, 5.41) is 3.61. The van der Waals surface area contributed by atoms with Gasteiger partial charge in [-0.25, -0.2) is 0 Å². The zero-order valence-electron chi connectivity index (χ0n) is 17.0. The predicted molar refractivity (Wildman–Crippen MR) is 117 cm³/mol. The van der Waals surface area contributed by atoms with Crippen LogP contribution in [0.5, 0.6) is 23.0 Å². The average molecular weight is 460 g/mol. The van der Waals surface area contributed by atoms with E-state index in [0.717, 1.165) is 34.5 Å². The van der Waals surface area contributed by atoms with E-state index in [9.17, 15) is 0 Å². The maximum Gasteiger partial charge on any atom is 0.176 e. The fraction of sp³-hybridized carbons (Fsp3) is 0.391. The number of fused-ring (bicyclic) bond motifs is 1. The van der Waals surface area contributed by atoms with Gasteiger partial charge in [0.1, 0.15) is 6.61 Å². The van der Waals surface area contributed by atoms with Gasteiger partial charge in [0.25, 0.3) is 0 Å². The molecule has 0 bridgehead atoms. The molecule has 0 saturated carbocycles. The van der Waals surface area contributed by atoms with Crippen LogP contribution in [0.1, 0.15) is 36.6 Å². The van der Waals surface area contributed by atoms with Crippen LogP contribution in [0.15, 0.2) is 28.7 Å². The van der Waals surface area contributed by atoms with E-state index in [4.69, 9.17) is 25.4 Å². The van der Waals surface area contributed by atoms with Gasteiger partial charge in [-0.05, 0) is 77.2 Å². The first-order valence-electron chi connectivity index (χ1n) is 9.72. The smallest absolute Gasteiger partial charge is 0.176 e. The number of terminal acetylenes is 1. The fourth-order valence-electron chi connectivity index (χ4n) is 3.56. The van der Waals surface area contributed by atoms with Crippen LogP contribution in [-0.4, -0.2) is 33.5 Å². The van der Waals surface area contributed by atoms with Gasteiger partial charge in [0.2, 0.25) is 0 Å². The Hall–Kier alpha value is -2.36. The summed E-state index contributed by atoms with van der Waals surface area (Å²) < 4.78 is 23.7. The minimum Gasteiger partial charge on any atom is -0.493 e. The van der Waals surface area contributed by atoms with Crippen LogP contribution in [0.25, 0.3) is 0 Å². The largest absolute Gasteiger partial charge is 0.493 e. The van der Waals surface area contributed by atoms with Crippen LogP contribution in [0, 0.1) is 12.3 Å². The molecule has 1 N–H and O–H groups in total. The second kappa shape index (κ2) is 9.91. The summed E-state index contributed by atoms with van der Waals surface area (Å²) in [5.41, 5.74) is 3.49. The molecule has 3 rings (SSSR count). The molecular formula is C23H26BrNO4. The van der Waals surface area contributed by atoms with Crippen molar-refractivity contribution in [2.24, 2.45) is 0 Å². The third-order valence-corrected chi connectivity index (χ3v) is 5.33. The molecule has 1 heterocycles. The third kappa shape index (κ3) is 4.63. The van der Waals surface area contributed by atoms with Crippen LogP contribution in [-0.2, 0) is 6.42 Å². The van der Waals surface area contributed by atoms with Crippen molar-refractivity contribution < 1.29 is 18.9 Å². The SMILES string of the molecule is C#CCOc1c(Br)cc(C2NCCc3cc(OCC)c(OCC)cc32)cc1OC. The van der Waals surface area contributed by atoms with Crippen molar-refractivity contribution in [3.63, 3.8) is 0 Å². The molecule has 1 aliphatic rings. The molecule has 5 nitrogen and oxygen atoms in total. The van der Waals surface area contributed by atoms with Gasteiger partial charge >= 0.3 is 0 Å². The molecule has 2 aromatic carbocycles. The number of methoxy groups -OCH3 is 1. The average Bonchev–Trinajstić information content (AvgIpc) is 2.72. The minimum absolute atomic E-state index is 0.000478. The highest BCUT2D eigenvalue weighted by molar-refractivity contribution is 9.10. The summed E-state index contributed by atoms with van der Waals surface area (Å²) in [4.78, 5) is 0. The summed E-state index contributed by atoms with van der Waals surface area (Å²) in [6.07, 6.45) is 6.26. The lowest BCUT2D eigenvalue weighted by atomic mass is 9.89. The number of halogens is 1. The number of hydrogen-bond acceptors (Lipinski definition) is 5. The highest BCUT2D eigenvalue weighted by atomic mass is 79.9. The fourth-order valence-corrected chi connectivity index (χ4v) is 4.13. The van der Waals surface area contributed by atoms with Gasteiger partial charge in [-0.1, -0.05) is 5.92 Å². The molecule has 0 spiro atoms. The molecule has 2 aromatic rings. The van der Waals surface area contributed by atoms with Crippen LogP contribution in [0.3, 0.4) is 0 Å². The lowest BCUT2D eigenvalue weighted by Gasteiger charge is -2.29. The number of benzene rings is 2. The molecule has 0 aliphatic carbocycles. The van der Waals surface area contributed by atoms with E-state index in [2.05, 4.69) is 39.3 Å². The number of nitrogens with one attached hydrogen (secondary N) is 1. The van der Waals surface area contributed by atoms with Gasteiger partial charge in [-0.15, -0.1) is 6.42 Å². The summed E-state index contributed by atoms with van der Waals surface area (Å²) in [7, 11) is 1.62. The van der Waals surface area contributed by atoms with Crippen molar-refractivity contribution in [3.8, 4) is 35.3 Å².